The van der Waals surface area contributed by atoms with Gasteiger partial charge in [0.25, 0.3) is 5.91 Å². The van der Waals surface area contributed by atoms with Crippen molar-refractivity contribution in [2.75, 3.05) is 29.9 Å². The van der Waals surface area contributed by atoms with Crippen LogP contribution < -0.4 is 20.7 Å². The van der Waals surface area contributed by atoms with E-state index in [0.717, 1.165) is 12.8 Å². The minimum Gasteiger partial charge on any atom is -0.482 e. The molecule has 3 N–H and O–H groups in total. The number of amides is 2. The highest BCUT2D eigenvalue weighted by Gasteiger charge is 2.32. The molecule has 0 spiro atoms. The van der Waals surface area contributed by atoms with Crippen LogP contribution in [0.15, 0.2) is 18.2 Å². The molecule has 0 aliphatic carbocycles. The van der Waals surface area contributed by atoms with Gasteiger partial charge in [0.1, 0.15) is 11.9 Å². The van der Waals surface area contributed by atoms with Crippen molar-refractivity contribution in [3.8, 4) is 5.75 Å². The summed E-state index contributed by atoms with van der Waals surface area (Å²) in [5.41, 5.74) is 6.72. The standard InChI is InChI=1S/C14H17N3O4/c15-5-1-2-10-7-17(14(19)21-10)9-3-4-12-11(6-9)16-13(18)8-20-12/h3-4,6,10H,1-2,5,7-8,15H2,(H,16,18). The third-order valence-electron chi connectivity index (χ3n) is 3.51. The van der Waals surface area contributed by atoms with Crippen molar-refractivity contribution < 1.29 is 19.1 Å². The van der Waals surface area contributed by atoms with E-state index in [1.54, 1.807) is 23.1 Å². The Balaban J connectivity index is 1.76. The zero-order chi connectivity index (χ0) is 14.8. The number of benzene rings is 1. The van der Waals surface area contributed by atoms with E-state index in [1.165, 1.54) is 0 Å². The summed E-state index contributed by atoms with van der Waals surface area (Å²) in [6, 6.07) is 5.24. The lowest BCUT2D eigenvalue weighted by molar-refractivity contribution is -0.118. The van der Waals surface area contributed by atoms with Gasteiger partial charge in [-0.3, -0.25) is 9.69 Å². The number of carbonyl (C=O) groups is 2. The fraction of sp³-hybridized carbons (Fsp3) is 0.429. The van der Waals surface area contributed by atoms with E-state index in [9.17, 15) is 9.59 Å². The number of rotatable bonds is 4. The van der Waals surface area contributed by atoms with Crippen molar-refractivity contribution in [2.24, 2.45) is 5.73 Å². The van der Waals surface area contributed by atoms with Gasteiger partial charge in [0.15, 0.2) is 6.61 Å². The number of nitrogens with one attached hydrogen (secondary N) is 1. The molecule has 7 heteroatoms. The molecule has 1 atom stereocenters. The molecule has 7 nitrogen and oxygen atoms in total. The van der Waals surface area contributed by atoms with Crippen LogP contribution in [0.4, 0.5) is 16.2 Å². The molecule has 1 saturated heterocycles. The molecule has 1 aromatic carbocycles. The molecule has 0 bridgehead atoms. The zero-order valence-corrected chi connectivity index (χ0v) is 11.5. The molecule has 1 fully saturated rings. The molecule has 0 radical (unpaired) electrons. The molecular formula is C14H17N3O4. The number of ether oxygens (including phenoxy) is 2. The van der Waals surface area contributed by atoms with E-state index < -0.39 is 0 Å². The summed E-state index contributed by atoms with van der Waals surface area (Å²) >= 11 is 0. The number of hydrogen-bond donors (Lipinski definition) is 2. The average Bonchev–Trinajstić information content (AvgIpc) is 2.85. The number of nitrogens with zero attached hydrogens (tertiary/aromatic N) is 1. The predicted octanol–water partition coefficient (Wildman–Crippen LogP) is 1.08. The Morgan fingerprint density at radius 3 is 3.05 bits per heavy atom. The Morgan fingerprint density at radius 1 is 1.38 bits per heavy atom. The minimum atomic E-state index is -0.375. The summed E-state index contributed by atoms with van der Waals surface area (Å²) in [6.07, 6.45) is 1.06. The third-order valence-corrected chi connectivity index (χ3v) is 3.51. The minimum absolute atomic E-state index is 0.0132. The van der Waals surface area contributed by atoms with Crippen LogP contribution >= 0.6 is 0 Å². The smallest absolute Gasteiger partial charge is 0.414 e. The number of fused-ring (bicyclic) bond motifs is 1. The van der Waals surface area contributed by atoms with Crippen molar-refractivity contribution in [2.45, 2.75) is 18.9 Å². The van der Waals surface area contributed by atoms with Crippen molar-refractivity contribution in [1.29, 1.82) is 0 Å². The fourth-order valence-corrected chi connectivity index (χ4v) is 2.47. The molecule has 2 aliphatic rings. The number of hydrogen-bond acceptors (Lipinski definition) is 5. The first-order valence-electron chi connectivity index (χ1n) is 6.92. The monoisotopic (exact) mass is 291 g/mol. The molecule has 2 aliphatic heterocycles. The van der Waals surface area contributed by atoms with E-state index >= 15 is 0 Å². The van der Waals surface area contributed by atoms with Crippen LogP contribution in [-0.2, 0) is 9.53 Å². The lowest BCUT2D eigenvalue weighted by atomic mass is 10.2. The lowest BCUT2D eigenvalue weighted by Gasteiger charge is -2.20. The molecule has 0 saturated carbocycles. The van der Waals surface area contributed by atoms with E-state index in [0.29, 0.717) is 30.2 Å². The number of nitrogens with two attached hydrogens (primary N) is 1. The largest absolute Gasteiger partial charge is 0.482 e. The number of carbonyl (C=O) groups excluding carboxylic acids is 2. The second-order valence-electron chi connectivity index (χ2n) is 5.06. The molecule has 1 unspecified atom stereocenters. The van der Waals surface area contributed by atoms with Crippen LogP contribution in [-0.4, -0.2) is 37.8 Å². The van der Waals surface area contributed by atoms with Crippen molar-refractivity contribution in [1.82, 2.24) is 0 Å². The summed E-state index contributed by atoms with van der Waals surface area (Å²) in [4.78, 5) is 24.8. The Labute approximate surface area is 122 Å². The van der Waals surface area contributed by atoms with Gasteiger partial charge in [0, 0.05) is 5.69 Å². The topological polar surface area (TPSA) is 93.9 Å². The van der Waals surface area contributed by atoms with Gasteiger partial charge in [-0.1, -0.05) is 0 Å². The SMILES string of the molecule is NCCCC1CN(c2ccc3c(c2)NC(=O)CO3)C(=O)O1. The molecular weight excluding hydrogens is 274 g/mol. The first kappa shape index (κ1) is 13.7. The van der Waals surface area contributed by atoms with Crippen LogP contribution in [0.1, 0.15) is 12.8 Å². The molecule has 1 aromatic rings. The molecule has 2 amide bonds. The van der Waals surface area contributed by atoms with Crippen molar-refractivity contribution >= 4 is 23.4 Å². The summed E-state index contributed by atoms with van der Waals surface area (Å²) in [5, 5.41) is 2.72. The Kier molecular flexibility index (Phi) is 3.66. The average molecular weight is 291 g/mol. The quantitative estimate of drug-likeness (QED) is 0.865. The Morgan fingerprint density at radius 2 is 2.24 bits per heavy atom. The van der Waals surface area contributed by atoms with Gasteiger partial charge in [0.2, 0.25) is 0 Å². The molecule has 21 heavy (non-hydrogen) atoms. The van der Waals surface area contributed by atoms with E-state index in [2.05, 4.69) is 5.32 Å². The maximum absolute atomic E-state index is 11.9. The summed E-state index contributed by atoms with van der Waals surface area (Å²) in [6.45, 7) is 1.09. The van der Waals surface area contributed by atoms with Gasteiger partial charge in [0.05, 0.1) is 12.2 Å². The van der Waals surface area contributed by atoms with Gasteiger partial charge in [-0.05, 0) is 37.6 Å². The third kappa shape index (κ3) is 2.78. The first-order valence-corrected chi connectivity index (χ1v) is 6.92. The second kappa shape index (κ2) is 5.61. The van der Waals surface area contributed by atoms with E-state index in [4.69, 9.17) is 15.2 Å². The van der Waals surface area contributed by atoms with Crippen molar-refractivity contribution in [3.05, 3.63) is 18.2 Å². The zero-order valence-electron chi connectivity index (χ0n) is 11.5. The molecule has 3 rings (SSSR count). The maximum atomic E-state index is 11.9. The molecule has 112 valence electrons. The van der Waals surface area contributed by atoms with Gasteiger partial charge in [-0.25, -0.2) is 4.79 Å². The summed E-state index contributed by atoms with van der Waals surface area (Å²) in [5.74, 6) is 0.398. The summed E-state index contributed by atoms with van der Waals surface area (Å²) < 4.78 is 10.6. The maximum Gasteiger partial charge on any atom is 0.414 e. The lowest BCUT2D eigenvalue weighted by Crippen LogP contribution is -2.27. The number of cyclic esters (lactones) is 1. The Bertz CT molecular complexity index is 575. The molecule has 0 aromatic heterocycles. The van der Waals surface area contributed by atoms with Crippen LogP contribution in [0, 0.1) is 0 Å². The first-order chi connectivity index (χ1) is 10.2. The van der Waals surface area contributed by atoms with Gasteiger partial charge >= 0.3 is 6.09 Å². The van der Waals surface area contributed by atoms with Crippen LogP contribution in [0.25, 0.3) is 0 Å². The van der Waals surface area contributed by atoms with Gasteiger partial charge in [-0.2, -0.15) is 0 Å². The van der Waals surface area contributed by atoms with Crippen LogP contribution in [0.2, 0.25) is 0 Å². The van der Waals surface area contributed by atoms with E-state index in [-0.39, 0.29) is 24.7 Å². The highest BCUT2D eigenvalue weighted by molar-refractivity contribution is 5.97. The van der Waals surface area contributed by atoms with Crippen LogP contribution in [0.3, 0.4) is 0 Å². The predicted molar refractivity (Wildman–Crippen MR) is 76.5 cm³/mol. The van der Waals surface area contributed by atoms with Crippen molar-refractivity contribution in [3.63, 3.8) is 0 Å². The van der Waals surface area contributed by atoms with Crippen LogP contribution in [0.5, 0.6) is 5.75 Å². The van der Waals surface area contributed by atoms with Gasteiger partial charge < -0.3 is 20.5 Å². The summed E-state index contributed by atoms with van der Waals surface area (Å²) in [7, 11) is 0. The normalized spacial score (nSPS) is 20.6. The highest BCUT2D eigenvalue weighted by Crippen LogP contribution is 2.33. The van der Waals surface area contributed by atoms with Gasteiger partial charge in [-0.15, -0.1) is 0 Å². The highest BCUT2D eigenvalue weighted by atomic mass is 16.6. The Hall–Kier alpha value is -2.28. The van der Waals surface area contributed by atoms with E-state index in [1.807, 2.05) is 0 Å². The second-order valence-corrected chi connectivity index (χ2v) is 5.06. The molecule has 2 heterocycles. The number of anilines is 2. The fourth-order valence-electron chi connectivity index (χ4n) is 2.47.